The summed E-state index contributed by atoms with van der Waals surface area (Å²) in [4.78, 5) is 14.6. The summed E-state index contributed by atoms with van der Waals surface area (Å²) < 4.78 is 7.14. The van der Waals surface area contributed by atoms with Crippen molar-refractivity contribution in [3.8, 4) is 5.75 Å². The number of amides is 2. The number of fused-ring (bicyclic) bond motifs is 1. The van der Waals surface area contributed by atoms with Crippen LogP contribution in [0.15, 0.2) is 24.4 Å². The number of hydrogen-bond acceptors (Lipinski definition) is 3. The number of aromatic nitrogens is 2. The van der Waals surface area contributed by atoms with E-state index in [9.17, 15) is 4.79 Å². The van der Waals surface area contributed by atoms with E-state index in [-0.39, 0.29) is 12.1 Å². The SMILES string of the molecule is COc1ccc2c(c1)CCCN(C(=O)NC(C)c1cnn(C)c1C)C2. The first-order valence-corrected chi connectivity index (χ1v) is 8.69. The third-order valence-electron chi connectivity index (χ3n) is 5.02. The largest absolute Gasteiger partial charge is 0.497 e. The molecule has 0 saturated carbocycles. The first-order valence-electron chi connectivity index (χ1n) is 8.69. The maximum absolute atomic E-state index is 12.7. The molecule has 0 spiro atoms. The highest BCUT2D eigenvalue weighted by molar-refractivity contribution is 5.75. The van der Waals surface area contributed by atoms with Crippen LogP contribution in [0.25, 0.3) is 0 Å². The molecule has 2 amide bonds. The summed E-state index contributed by atoms with van der Waals surface area (Å²) in [5.41, 5.74) is 4.58. The van der Waals surface area contributed by atoms with Gasteiger partial charge in [-0.1, -0.05) is 6.07 Å². The summed E-state index contributed by atoms with van der Waals surface area (Å²) in [7, 11) is 3.59. The van der Waals surface area contributed by atoms with Gasteiger partial charge >= 0.3 is 6.03 Å². The Kier molecular flexibility index (Phi) is 4.97. The van der Waals surface area contributed by atoms with Crippen LogP contribution in [0, 0.1) is 6.92 Å². The summed E-state index contributed by atoms with van der Waals surface area (Å²) in [6.45, 7) is 5.39. The molecular formula is C19H26N4O2. The number of aryl methyl sites for hydroxylation is 2. The third kappa shape index (κ3) is 3.62. The van der Waals surface area contributed by atoms with E-state index in [1.165, 1.54) is 11.1 Å². The first-order chi connectivity index (χ1) is 12.0. The highest BCUT2D eigenvalue weighted by Crippen LogP contribution is 2.24. The van der Waals surface area contributed by atoms with Gasteiger partial charge < -0.3 is 15.0 Å². The van der Waals surface area contributed by atoms with Crippen molar-refractivity contribution in [2.24, 2.45) is 7.05 Å². The predicted molar refractivity (Wildman–Crippen MR) is 96.6 cm³/mol. The van der Waals surface area contributed by atoms with Crippen molar-refractivity contribution < 1.29 is 9.53 Å². The molecule has 1 N–H and O–H groups in total. The maximum atomic E-state index is 12.7. The van der Waals surface area contributed by atoms with Crippen LogP contribution in [0.3, 0.4) is 0 Å². The number of benzene rings is 1. The standard InChI is InChI=1S/C19H26N4O2/c1-13(18-11-20-22(3)14(18)2)21-19(24)23-9-5-6-15-10-17(25-4)8-7-16(15)12-23/h7-8,10-11,13H,5-6,9,12H2,1-4H3,(H,21,24). The summed E-state index contributed by atoms with van der Waals surface area (Å²) in [6.07, 6.45) is 3.74. The fourth-order valence-corrected chi connectivity index (χ4v) is 3.33. The number of methoxy groups -OCH3 is 1. The van der Waals surface area contributed by atoms with E-state index in [1.807, 2.05) is 42.7 Å². The van der Waals surface area contributed by atoms with E-state index in [1.54, 1.807) is 7.11 Å². The number of rotatable bonds is 3. The lowest BCUT2D eigenvalue weighted by Gasteiger charge is -2.24. The number of ether oxygens (including phenoxy) is 1. The molecule has 134 valence electrons. The molecule has 0 fully saturated rings. The number of urea groups is 1. The zero-order chi connectivity index (χ0) is 18.0. The van der Waals surface area contributed by atoms with Crippen LogP contribution in [0.1, 0.15) is 41.8 Å². The van der Waals surface area contributed by atoms with Crippen molar-refractivity contribution in [1.82, 2.24) is 20.0 Å². The Morgan fingerprint density at radius 3 is 2.84 bits per heavy atom. The summed E-state index contributed by atoms with van der Waals surface area (Å²) in [6, 6.07) is 6.01. The molecule has 25 heavy (non-hydrogen) atoms. The van der Waals surface area contributed by atoms with Gasteiger partial charge in [-0.3, -0.25) is 4.68 Å². The van der Waals surface area contributed by atoms with Crippen molar-refractivity contribution in [2.45, 2.75) is 39.3 Å². The minimum atomic E-state index is -0.0696. The summed E-state index contributed by atoms with van der Waals surface area (Å²) in [5, 5.41) is 7.37. The lowest BCUT2D eigenvalue weighted by atomic mass is 10.0. The number of nitrogens with zero attached hydrogens (tertiary/aromatic N) is 3. The van der Waals surface area contributed by atoms with E-state index in [0.717, 1.165) is 36.4 Å². The van der Waals surface area contributed by atoms with Gasteiger partial charge in [0.2, 0.25) is 0 Å². The average molecular weight is 342 g/mol. The normalized spacial score (nSPS) is 15.3. The fraction of sp³-hybridized carbons (Fsp3) is 0.474. The Morgan fingerprint density at radius 2 is 2.16 bits per heavy atom. The Morgan fingerprint density at radius 1 is 1.36 bits per heavy atom. The maximum Gasteiger partial charge on any atom is 0.318 e. The molecule has 0 radical (unpaired) electrons. The topological polar surface area (TPSA) is 59.4 Å². The Bertz CT molecular complexity index is 769. The van der Waals surface area contributed by atoms with Crippen molar-refractivity contribution in [1.29, 1.82) is 0 Å². The van der Waals surface area contributed by atoms with Gasteiger partial charge in [-0.25, -0.2) is 4.79 Å². The molecule has 1 unspecified atom stereocenters. The predicted octanol–water partition coefficient (Wildman–Crippen LogP) is 2.96. The van der Waals surface area contributed by atoms with Gasteiger partial charge in [-0.2, -0.15) is 5.10 Å². The van der Waals surface area contributed by atoms with Crippen LogP contribution in [-0.2, 0) is 20.0 Å². The number of carbonyl (C=O) groups excluding carboxylic acids is 1. The minimum absolute atomic E-state index is 0.0283. The second kappa shape index (κ2) is 7.17. The van der Waals surface area contributed by atoms with Gasteiger partial charge in [0.05, 0.1) is 19.3 Å². The van der Waals surface area contributed by atoms with E-state index in [2.05, 4.69) is 22.5 Å². The molecule has 1 aliphatic rings. The van der Waals surface area contributed by atoms with Crippen molar-refractivity contribution >= 4 is 6.03 Å². The first kappa shape index (κ1) is 17.3. The lowest BCUT2D eigenvalue weighted by molar-refractivity contribution is 0.192. The van der Waals surface area contributed by atoms with Gasteiger partial charge in [-0.05, 0) is 49.9 Å². The zero-order valence-corrected chi connectivity index (χ0v) is 15.4. The van der Waals surface area contributed by atoms with Gasteiger partial charge in [-0.15, -0.1) is 0 Å². The Hall–Kier alpha value is -2.50. The smallest absolute Gasteiger partial charge is 0.318 e. The van der Waals surface area contributed by atoms with Crippen molar-refractivity contribution in [3.63, 3.8) is 0 Å². The molecule has 1 atom stereocenters. The molecule has 6 nitrogen and oxygen atoms in total. The highest BCUT2D eigenvalue weighted by Gasteiger charge is 2.22. The van der Waals surface area contributed by atoms with Crippen molar-refractivity contribution in [2.75, 3.05) is 13.7 Å². The number of hydrogen-bond donors (Lipinski definition) is 1. The lowest BCUT2D eigenvalue weighted by Crippen LogP contribution is -2.40. The van der Waals surface area contributed by atoms with Gasteiger partial charge in [0.25, 0.3) is 0 Å². The van der Waals surface area contributed by atoms with Gasteiger partial charge in [0.1, 0.15) is 5.75 Å². The zero-order valence-electron chi connectivity index (χ0n) is 15.4. The Labute approximate surface area is 148 Å². The van der Waals surface area contributed by atoms with Crippen LogP contribution >= 0.6 is 0 Å². The van der Waals surface area contributed by atoms with Crippen LogP contribution in [-0.4, -0.2) is 34.4 Å². The van der Waals surface area contributed by atoms with Crippen LogP contribution < -0.4 is 10.1 Å². The molecule has 3 rings (SSSR count). The van der Waals surface area contributed by atoms with Gasteiger partial charge in [0.15, 0.2) is 0 Å². The average Bonchev–Trinajstić information content (AvgIpc) is 2.82. The molecule has 6 heteroatoms. The molecule has 0 bridgehead atoms. The number of nitrogens with one attached hydrogen (secondary N) is 1. The van der Waals surface area contributed by atoms with E-state index >= 15 is 0 Å². The third-order valence-corrected chi connectivity index (χ3v) is 5.02. The molecule has 1 aliphatic heterocycles. The molecule has 1 aromatic carbocycles. The van der Waals surface area contributed by atoms with Crippen LogP contribution in [0.2, 0.25) is 0 Å². The van der Waals surface area contributed by atoms with Crippen LogP contribution in [0.4, 0.5) is 4.79 Å². The van der Waals surface area contributed by atoms with Gasteiger partial charge in [0, 0.05) is 31.4 Å². The van der Waals surface area contributed by atoms with E-state index < -0.39 is 0 Å². The summed E-state index contributed by atoms with van der Waals surface area (Å²) >= 11 is 0. The summed E-state index contributed by atoms with van der Waals surface area (Å²) in [5.74, 6) is 0.873. The number of carbonyl (C=O) groups is 1. The van der Waals surface area contributed by atoms with E-state index in [0.29, 0.717) is 6.54 Å². The minimum Gasteiger partial charge on any atom is -0.497 e. The van der Waals surface area contributed by atoms with Crippen LogP contribution in [0.5, 0.6) is 5.75 Å². The highest BCUT2D eigenvalue weighted by atomic mass is 16.5. The van der Waals surface area contributed by atoms with E-state index in [4.69, 9.17) is 4.74 Å². The molecule has 2 heterocycles. The second-order valence-corrected chi connectivity index (χ2v) is 6.64. The quantitative estimate of drug-likeness (QED) is 0.933. The molecule has 0 saturated heterocycles. The monoisotopic (exact) mass is 342 g/mol. The molecule has 0 aliphatic carbocycles. The molecule has 2 aromatic rings. The Balaban J connectivity index is 1.70. The molecular weight excluding hydrogens is 316 g/mol. The fourth-order valence-electron chi connectivity index (χ4n) is 3.33. The second-order valence-electron chi connectivity index (χ2n) is 6.64. The van der Waals surface area contributed by atoms with Crippen molar-refractivity contribution in [3.05, 3.63) is 46.8 Å². The molecule has 1 aromatic heterocycles.